The molecule has 6 nitrogen and oxygen atoms in total. The lowest BCUT2D eigenvalue weighted by molar-refractivity contribution is -0.144. The minimum Gasteiger partial charge on any atom is -0.466 e. The molecule has 0 saturated carbocycles. The lowest BCUT2D eigenvalue weighted by Crippen LogP contribution is -2.34. The molecule has 0 unspecified atom stereocenters. The summed E-state index contributed by atoms with van der Waals surface area (Å²) >= 11 is 0. The van der Waals surface area contributed by atoms with Gasteiger partial charge in [0.25, 0.3) is 5.91 Å². The molecule has 120 valence electrons. The summed E-state index contributed by atoms with van der Waals surface area (Å²) in [5.74, 6) is -1.62. The average Bonchev–Trinajstić information content (AvgIpc) is 2.49. The largest absolute Gasteiger partial charge is 0.466 e. The zero-order valence-corrected chi connectivity index (χ0v) is 12.4. The highest BCUT2D eigenvalue weighted by Crippen LogP contribution is 2.02. The molecule has 0 aromatic heterocycles. The number of halogens is 1. The van der Waals surface area contributed by atoms with Gasteiger partial charge in [-0.2, -0.15) is 0 Å². The highest BCUT2D eigenvalue weighted by Gasteiger charge is 2.08. The van der Waals surface area contributed by atoms with Gasteiger partial charge in [0.2, 0.25) is 5.91 Å². The predicted molar refractivity (Wildman–Crippen MR) is 77.6 cm³/mol. The molecule has 0 atom stereocenters. The predicted octanol–water partition coefficient (Wildman–Crippen LogP) is 1.01. The van der Waals surface area contributed by atoms with E-state index in [9.17, 15) is 18.8 Å². The summed E-state index contributed by atoms with van der Waals surface area (Å²) < 4.78 is 17.7. The van der Waals surface area contributed by atoms with Crippen LogP contribution in [0, 0.1) is 5.82 Å². The number of nitrogens with one attached hydrogen (secondary N) is 2. The maximum absolute atomic E-state index is 13.0. The standard InChI is InChI=1S/C15H19FN2O4/c1-2-22-14(20)7-6-13(19)17-8-9-18-15(21)11-4-3-5-12(16)10-11/h3-5,10H,2,6-9H2,1H3,(H,17,19)(H,18,21). The van der Waals surface area contributed by atoms with Gasteiger partial charge in [-0.05, 0) is 25.1 Å². The number of hydrogen-bond donors (Lipinski definition) is 2. The van der Waals surface area contributed by atoms with E-state index in [0.29, 0.717) is 0 Å². The Balaban J connectivity index is 2.18. The number of benzene rings is 1. The first-order chi connectivity index (χ1) is 10.5. The monoisotopic (exact) mass is 310 g/mol. The van der Waals surface area contributed by atoms with Crippen molar-refractivity contribution in [1.29, 1.82) is 0 Å². The number of esters is 1. The van der Waals surface area contributed by atoms with Crippen LogP contribution in [0.25, 0.3) is 0 Å². The normalized spacial score (nSPS) is 9.91. The van der Waals surface area contributed by atoms with Crippen LogP contribution in [0.5, 0.6) is 0 Å². The van der Waals surface area contributed by atoms with Crippen LogP contribution >= 0.6 is 0 Å². The Kier molecular flexibility index (Phi) is 7.60. The Hall–Kier alpha value is -2.44. The van der Waals surface area contributed by atoms with Gasteiger partial charge in [-0.1, -0.05) is 6.07 Å². The average molecular weight is 310 g/mol. The molecular weight excluding hydrogens is 291 g/mol. The van der Waals surface area contributed by atoms with Crippen molar-refractivity contribution in [3.05, 3.63) is 35.6 Å². The number of amides is 2. The van der Waals surface area contributed by atoms with E-state index < -0.39 is 17.7 Å². The summed E-state index contributed by atoms with van der Waals surface area (Å²) in [5, 5.41) is 5.12. The first-order valence-corrected chi connectivity index (χ1v) is 6.99. The number of carbonyl (C=O) groups is 3. The zero-order valence-electron chi connectivity index (χ0n) is 12.4. The fourth-order valence-corrected chi connectivity index (χ4v) is 1.65. The molecule has 0 radical (unpaired) electrons. The van der Waals surface area contributed by atoms with Gasteiger partial charge in [0.05, 0.1) is 13.0 Å². The van der Waals surface area contributed by atoms with E-state index in [1.54, 1.807) is 6.92 Å². The highest BCUT2D eigenvalue weighted by atomic mass is 19.1. The van der Waals surface area contributed by atoms with Crippen molar-refractivity contribution in [2.24, 2.45) is 0 Å². The molecule has 0 spiro atoms. The van der Waals surface area contributed by atoms with Crippen molar-refractivity contribution in [2.45, 2.75) is 19.8 Å². The van der Waals surface area contributed by atoms with Crippen LogP contribution in [-0.2, 0) is 14.3 Å². The molecular formula is C15H19FN2O4. The molecule has 2 amide bonds. The maximum atomic E-state index is 13.0. The highest BCUT2D eigenvalue weighted by molar-refractivity contribution is 5.94. The van der Waals surface area contributed by atoms with Crippen LogP contribution in [0.2, 0.25) is 0 Å². The molecule has 0 aliphatic rings. The second-order valence-electron chi connectivity index (χ2n) is 4.42. The Morgan fingerprint density at radius 1 is 1.14 bits per heavy atom. The lowest BCUT2D eigenvalue weighted by atomic mass is 10.2. The molecule has 0 aliphatic heterocycles. The second-order valence-corrected chi connectivity index (χ2v) is 4.42. The topological polar surface area (TPSA) is 84.5 Å². The fourth-order valence-electron chi connectivity index (χ4n) is 1.65. The van der Waals surface area contributed by atoms with Gasteiger partial charge in [-0.25, -0.2) is 4.39 Å². The zero-order chi connectivity index (χ0) is 16.4. The molecule has 0 bridgehead atoms. The SMILES string of the molecule is CCOC(=O)CCC(=O)NCCNC(=O)c1cccc(F)c1. The summed E-state index contributed by atoms with van der Waals surface area (Å²) in [5.41, 5.74) is 0.216. The van der Waals surface area contributed by atoms with Gasteiger partial charge < -0.3 is 15.4 Å². The first-order valence-electron chi connectivity index (χ1n) is 6.99. The van der Waals surface area contributed by atoms with Crippen molar-refractivity contribution in [3.8, 4) is 0 Å². The number of ether oxygens (including phenoxy) is 1. The maximum Gasteiger partial charge on any atom is 0.306 e. The van der Waals surface area contributed by atoms with E-state index in [1.807, 2.05) is 0 Å². The Bertz CT molecular complexity index is 534. The van der Waals surface area contributed by atoms with Gasteiger partial charge in [-0.3, -0.25) is 14.4 Å². The van der Waals surface area contributed by atoms with Crippen LogP contribution in [0.4, 0.5) is 4.39 Å². The molecule has 0 aliphatic carbocycles. The third-order valence-electron chi connectivity index (χ3n) is 2.68. The van der Waals surface area contributed by atoms with Gasteiger partial charge in [0, 0.05) is 25.1 Å². The lowest BCUT2D eigenvalue weighted by Gasteiger charge is -2.07. The summed E-state index contributed by atoms with van der Waals surface area (Å²) in [6.45, 7) is 2.41. The van der Waals surface area contributed by atoms with Crippen LogP contribution in [0.1, 0.15) is 30.1 Å². The van der Waals surface area contributed by atoms with Gasteiger partial charge in [0.1, 0.15) is 5.82 Å². The fraction of sp³-hybridized carbons (Fsp3) is 0.400. The van der Waals surface area contributed by atoms with Crippen molar-refractivity contribution in [2.75, 3.05) is 19.7 Å². The van der Waals surface area contributed by atoms with Gasteiger partial charge in [0.15, 0.2) is 0 Å². The number of hydrogen-bond acceptors (Lipinski definition) is 4. The molecule has 0 heterocycles. The van der Waals surface area contributed by atoms with E-state index >= 15 is 0 Å². The number of carbonyl (C=O) groups excluding carboxylic acids is 3. The van der Waals surface area contributed by atoms with E-state index in [4.69, 9.17) is 4.74 Å². The molecule has 22 heavy (non-hydrogen) atoms. The molecule has 1 aromatic rings. The minimum absolute atomic E-state index is 0.0231. The van der Waals surface area contributed by atoms with Gasteiger partial charge >= 0.3 is 5.97 Å². The van der Waals surface area contributed by atoms with Crippen LogP contribution in [0.15, 0.2) is 24.3 Å². The third-order valence-corrected chi connectivity index (χ3v) is 2.68. The summed E-state index contributed by atoms with van der Waals surface area (Å²) in [6, 6.07) is 5.32. The van der Waals surface area contributed by atoms with Crippen LogP contribution in [0.3, 0.4) is 0 Å². The van der Waals surface area contributed by atoms with Crippen LogP contribution in [-0.4, -0.2) is 37.5 Å². The van der Waals surface area contributed by atoms with Crippen molar-refractivity contribution < 1.29 is 23.5 Å². The van der Waals surface area contributed by atoms with Crippen molar-refractivity contribution >= 4 is 17.8 Å². The third kappa shape index (κ3) is 6.83. The van der Waals surface area contributed by atoms with Crippen LogP contribution < -0.4 is 10.6 Å². The molecule has 1 rings (SSSR count). The molecule has 0 fully saturated rings. The Morgan fingerprint density at radius 2 is 1.86 bits per heavy atom. The molecule has 0 saturated heterocycles. The molecule has 2 N–H and O–H groups in total. The number of rotatable bonds is 8. The Labute approximate surface area is 128 Å². The van der Waals surface area contributed by atoms with E-state index in [2.05, 4.69) is 10.6 Å². The minimum atomic E-state index is -0.486. The van der Waals surface area contributed by atoms with E-state index in [1.165, 1.54) is 18.2 Å². The smallest absolute Gasteiger partial charge is 0.306 e. The Morgan fingerprint density at radius 3 is 2.55 bits per heavy atom. The van der Waals surface area contributed by atoms with Crippen molar-refractivity contribution in [3.63, 3.8) is 0 Å². The second kappa shape index (κ2) is 9.49. The van der Waals surface area contributed by atoms with Crippen molar-refractivity contribution in [1.82, 2.24) is 10.6 Å². The quantitative estimate of drug-likeness (QED) is 0.554. The van der Waals surface area contributed by atoms with E-state index in [0.717, 1.165) is 6.07 Å². The first kappa shape index (κ1) is 17.6. The summed E-state index contributed by atoms with van der Waals surface area (Å²) in [4.78, 5) is 34.2. The molecule has 1 aromatic carbocycles. The summed E-state index contributed by atoms with van der Waals surface area (Å²) in [7, 11) is 0. The van der Waals surface area contributed by atoms with Gasteiger partial charge in [-0.15, -0.1) is 0 Å². The molecule has 7 heteroatoms. The summed E-state index contributed by atoms with van der Waals surface area (Å²) in [6.07, 6.45) is 0.0615. The van der Waals surface area contributed by atoms with E-state index in [-0.39, 0.29) is 44.0 Å².